The Labute approximate surface area is 207 Å². The van der Waals surface area contributed by atoms with E-state index in [-0.39, 0.29) is 11.7 Å². The highest BCUT2D eigenvalue weighted by Crippen LogP contribution is 2.43. The fraction of sp³-hybridized carbons (Fsp3) is 0.292. The lowest BCUT2D eigenvalue weighted by Crippen LogP contribution is -2.36. The van der Waals surface area contributed by atoms with Gasteiger partial charge in [0.1, 0.15) is 18.5 Å². The minimum atomic E-state index is -4.51. The number of hydrogen-bond donors (Lipinski definition) is 3. The van der Waals surface area contributed by atoms with Gasteiger partial charge in [0.05, 0.1) is 12.6 Å². The Kier molecular flexibility index (Phi) is 6.39. The molecule has 2 aromatic carbocycles. The summed E-state index contributed by atoms with van der Waals surface area (Å²) in [4.78, 5) is 9.24. The molecular formula is C24H21ClF3N3O3S. The fourth-order valence-corrected chi connectivity index (χ4v) is 5.39. The molecule has 0 saturated carbocycles. The van der Waals surface area contributed by atoms with Crippen molar-refractivity contribution in [2.75, 3.05) is 24.7 Å². The maximum absolute atomic E-state index is 13.3. The third-order valence-electron chi connectivity index (χ3n) is 5.97. The Balaban J connectivity index is 1.56. The van der Waals surface area contributed by atoms with Crippen LogP contribution in [0.15, 0.2) is 47.8 Å². The third kappa shape index (κ3) is 4.71. The van der Waals surface area contributed by atoms with Crippen LogP contribution in [0.2, 0.25) is 5.02 Å². The van der Waals surface area contributed by atoms with Crippen molar-refractivity contribution in [3.8, 4) is 5.75 Å². The lowest BCUT2D eigenvalue weighted by atomic mass is 9.92. The van der Waals surface area contributed by atoms with Gasteiger partial charge >= 0.3 is 6.18 Å². The number of rotatable bonds is 6. The zero-order valence-corrected chi connectivity index (χ0v) is 19.8. The number of aliphatic hydroxyl groups is 2. The molecule has 0 saturated heterocycles. The number of thiazole rings is 1. The molecule has 2 atom stereocenters. The predicted molar refractivity (Wildman–Crippen MR) is 128 cm³/mol. The molecule has 1 aliphatic rings. The molecule has 4 aromatic rings. The van der Waals surface area contributed by atoms with Crippen molar-refractivity contribution < 1.29 is 28.1 Å². The van der Waals surface area contributed by atoms with Crippen molar-refractivity contribution in [2.45, 2.75) is 24.7 Å². The minimum Gasteiger partial charge on any atom is -0.491 e. The predicted octanol–water partition coefficient (Wildman–Crippen LogP) is 5.18. The van der Waals surface area contributed by atoms with E-state index in [1.807, 2.05) is 29.2 Å². The Morgan fingerprint density at radius 3 is 2.69 bits per heavy atom. The van der Waals surface area contributed by atoms with Crippen LogP contribution in [0.4, 0.5) is 18.3 Å². The molecule has 35 heavy (non-hydrogen) atoms. The number of aromatic nitrogens is 2. The molecule has 11 heteroatoms. The first kappa shape index (κ1) is 23.9. The lowest BCUT2D eigenvalue weighted by molar-refractivity contribution is -0.140. The number of aromatic amines is 1. The van der Waals surface area contributed by atoms with Crippen LogP contribution in [0.25, 0.3) is 10.9 Å². The van der Waals surface area contributed by atoms with Crippen LogP contribution in [0.3, 0.4) is 0 Å². The molecule has 2 aromatic heterocycles. The summed E-state index contributed by atoms with van der Waals surface area (Å²) in [5.74, 6) is 0.501. The lowest BCUT2D eigenvalue weighted by Gasteiger charge is -2.36. The largest absolute Gasteiger partial charge is 0.491 e. The van der Waals surface area contributed by atoms with Crippen molar-refractivity contribution >= 4 is 39.0 Å². The van der Waals surface area contributed by atoms with E-state index in [0.717, 1.165) is 44.4 Å². The van der Waals surface area contributed by atoms with Gasteiger partial charge in [0.25, 0.3) is 0 Å². The topological polar surface area (TPSA) is 81.6 Å². The van der Waals surface area contributed by atoms with Gasteiger partial charge in [0.15, 0.2) is 10.8 Å². The Morgan fingerprint density at radius 2 is 2.00 bits per heavy atom. The van der Waals surface area contributed by atoms with Gasteiger partial charge in [-0.3, -0.25) is 0 Å². The van der Waals surface area contributed by atoms with E-state index in [2.05, 4.69) is 9.97 Å². The summed E-state index contributed by atoms with van der Waals surface area (Å²) in [5, 5.41) is 21.4. The molecule has 3 N–H and O–H groups in total. The Hall–Kier alpha value is -2.79. The molecule has 1 aliphatic heterocycles. The number of aliphatic hydroxyl groups excluding tert-OH is 2. The molecule has 0 fully saturated rings. The smallest absolute Gasteiger partial charge is 0.434 e. The molecule has 3 heterocycles. The summed E-state index contributed by atoms with van der Waals surface area (Å²) in [6.45, 7) is 0.0105. The number of benzene rings is 2. The van der Waals surface area contributed by atoms with E-state index in [0.29, 0.717) is 23.7 Å². The van der Waals surface area contributed by atoms with E-state index in [4.69, 9.17) is 21.4 Å². The zero-order valence-electron chi connectivity index (χ0n) is 18.2. The number of hydrogen-bond acceptors (Lipinski definition) is 6. The van der Waals surface area contributed by atoms with Crippen LogP contribution in [-0.2, 0) is 12.6 Å². The van der Waals surface area contributed by atoms with E-state index in [1.165, 1.54) is 0 Å². The molecule has 6 nitrogen and oxygen atoms in total. The van der Waals surface area contributed by atoms with Crippen LogP contribution in [0.1, 0.15) is 28.6 Å². The first-order valence-corrected chi connectivity index (χ1v) is 12.1. The number of fused-ring (bicyclic) bond motifs is 3. The molecule has 0 unspecified atom stereocenters. The van der Waals surface area contributed by atoms with Gasteiger partial charge in [0.2, 0.25) is 0 Å². The minimum absolute atomic E-state index is 0.0579. The van der Waals surface area contributed by atoms with Gasteiger partial charge in [-0.2, -0.15) is 13.2 Å². The highest BCUT2D eigenvalue weighted by Gasteiger charge is 2.37. The summed E-state index contributed by atoms with van der Waals surface area (Å²) in [5.41, 5.74) is 2.78. The van der Waals surface area contributed by atoms with Crippen LogP contribution < -0.4 is 9.64 Å². The number of nitrogens with zero attached hydrogens (tertiary/aromatic N) is 2. The van der Waals surface area contributed by atoms with Crippen LogP contribution in [-0.4, -0.2) is 46.0 Å². The number of anilines is 1. The SMILES string of the molecule is OC[C@H](O)COc1ccc([C@H]2c3[nH]c4ccc(Cl)cc4c3CCN2c2nc(C(F)(F)F)cs2)cc1. The van der Waals surface area contributed by atoms with Gasteiger partial charge in [-0.05, 0) is 47.9 Å². The van der Waals surface area contributed by atoms with Crippen molar-refractivity contribution in [3.63, 3.8) is 0 Å². The van der Waals surface area contributed by atoms with Gasteiger partial charge < -0.3 is 24.8 Å². The van der Waals surface area contributed by atoms with Gasteiger partial charge in [-0.15, -0.1) is 11.3 Å². The van der Waals surface area contributed by atoms with E-state index >= 15 is 0 Å². The fourth-order valence-electron chi connectivity index (χ4n) is 4.33. The number of ether oxygens (including phenoxy) is 1. The summed E-state index contributed by atoms with van der Waals surface area (Å²) in [6.07, 6.45) is -4.88. The second kappa shape index (κ2) is 9.34. The highest BCUT2D eigenvalue weighted by atomic mass is 35.5. The molecule has 0 radical (unpaired) electrons. The highest BCUT2D eigenvalue weighted by molar-refractivity contribution is 7.13. The number of halogens is 4. The van der Waals surface area contributed by atoms with E-state index in [9.17, 15) is 18.3 Å². The van der Waals surface area contributed by atoms with E-state index < -0.39 is 30.6 Å². The average Bonchev–Trinajstić information content (AvgIpc) is 3.47. The second-order valence-electron chi connectivity index (χ2n) is 8.28. The van der Waals surface area contributed by atoms with Crippen molar-refractivity contribution in [1.29, 1.82) is 0 Å². The maximum Gasteiger partial charge on any atom is 0.434 e. The molecule has 0 aliphatic carbocycles. The molecule has 5 rings (SSSR count). The van der Waals surface area contributed by atoms with Crippen LogP contribution in [0, 0.1) is 0 Å². The summed E-state index contributed by atoms with van der Waals surface area (Å²) >= 11 is 7.20. The van der Waals surface area contributed by atoms with Crippen LogP contribution in [0.5, 0.6) is 5.75 Å². The van der Waals surface area contributed by atoms with Gasteiger partial charge in [-0.1, -0.05) is 23.7 Å². The molecule has 0 amide bonds. The zero-order chi connectivity index (χ0) is 24.7. The molecule has 184 valence electrons. The monoisotopic (exact) mass is 523 g/mol. The number of H-pyrrole nitrogens is 1. The van der Waals surface area contributed by atoms with E-state index in [1.54, 1.807) is 18.2 Å². The van der Waals surface area contributed by atoms with Crippen molar-refractivity contribution in [3.05, 3.63) is 75.4 Å². The number of nitrogens with one attached hydrogen (secondary N) is 1. The van der Waals surface area contributed by atoms with Crippen molar-refractivity contribution in [2.24, 2.45) is 0 Å². The maximum atomic E-state index is 13.3. The molecule has 0 spiro atoms. The summed E-state index contributed by atoms with van der Waals surface area (Å²) in [6, 6.07) is 12.3. The normalized spacial score (nSPS) is 17.0. The average molecular weight is 524 g/mol. The standard InChI is InChI=1S/C24H21ClF3N3O3S/c25-14-3-6-19-18(9-14)17-7-8-31(23-30-20(12-35-23)24(26,27)28)22(21(17)29-19)13-1-4-16(5-2-13)34-11-15(33)10-32/h1-6,9,12,15,22,29,32-33H,7-8,10-11H2/t15-,22-/m0/s1. The summed E-state index contributed by atoms with van der Waals surface area (Å²) < 4.78 is 45.3. The quantitative estimate of drug-likeness (QED) is 0.324. The van der Waals surface area contributed by atoms with Gasteiger partial charge in [-0.25, -0.2) is 4.98 Å². The van der Waals surface area contributed by atoms with Crippen molar-refractivity contribution in [1.82, 2.24) is 9.97 Å². The second-order valence-corrected chi connectivity index (χ2v) is 9.56. The first-order valence-electron chi connectivity index (χ1n) is 10.9. The summed E-state index contributed by atoms with van der Waals surface area (Å²) in [7, 11) is 0. The molecular weight excluding hydrogens is 503 g/mol. The first-order chi connectivity index (χ1) is 16.7. The van der Waals surface area contributed by atoms with Crippen LogP contribution >= 0.6 is 22.9 Å². The Morgan fingerprint density at radius 1 is 1.23 bits per heavy atom. The Bertz CT molecular complexity index is 1340. The molecule has 0 bridgehead atoms. The third-order valence-corrected chi connectivity index (χ3v) is 7.08. The van der Waals surface area contributed by atoms with Gasteiger partial charge in [0, 0.05) is 33.5 Å². The number of alkyl halides is 3.